The molecule has 1 amide bonds. The van der Waals surface area contributed by atoms with Gasteiger partial charge in [0.1, 0.15) is 11.5 Å². The topological polar surface area (TPSA) is 95.3 Å². The Morgan fingerprint density at radius 1 is 1.25 bits per heavy atom. The Bertz CT molecular complexity index is 709. The molecule has 3 rings (SSSR count). The van der Waals surface area contributed by atoms with E-state index in [1.54, 1.807) is 38.9 Å². The molecule has 0 aliphatic carbocycles. The summed E-state index contributed by atoms with van der Waals surface area (Å²) in [4.78, 5) is 32.2. The lowest BCUT2D eigenvalue weighted by Crippen LogP contribution is -2.26. The van der Waals surface area contributed by atoms with Crippen LogP contribution in [-0.4, -0.2) is 69.1 Å². The lowest BCUT2D eigenvalue weighted by Gasteiger charge is -2.18. The molecule has 126 valence electrons. The average molecular weight is 328 g/mol. The van der Waals surface area contributed by atoms with Crippen molar-refractivity contribution in [1.29, 1.82) is 0 Å². The van der Waals surface area contributed by atoms with Crippen LogP contribution in [0.2, 0.25) is 0 Å². The molecule has 0 radical (unpaired) electrons. The minimum atomic E-state index is -0.484. The van der Waals surface area contributed by atoms with E-state index in [0.717, 1.165) is 5.69 Å². The number of anilines is 1. The van der Waals surface area contributed by atoms with Crippen LogP contribution in [0.3, 0.4) is 0 Å². The molecule has 24 heavy (non-hydrogen) atoms. The summed E-state index contributed by atoms with van der Waals surface area (Å²) in [5.74, 6) is 0.445. The molecule has 1 aliphatic heterocycles. The first-order valence-corrected chi connectivity index (χ1v) is 7.76. The number of rotatable bonds is 4. The number of aromatic nitrogens is 4. The number of amides is 1. The highest BCUT2D eigenvalue weighted by Gasteiger charge is 2.32. The molecular formula is C16H20N6O2. The molecule has 1 fully saturated rings. The van der Waals surface area contributed by atoms with E-state index in [1.807, 2.05) is 4.90 Å². The minimum absolute atomic E-state index is 0.0386. The molecule has 0 saturated carbocycles. The fourth-order valence-electron chi connectivity index (χ4n) is 2.79. The van der Waals surface area contributed by atoms with Gasteiger partial charge in [-0.15, -0.1) is 0 Å². The summed E-state index contributed by atoms with van der Waals surface area (Å²) in [7, 11) is 3.35. The smallest absolute Gasteiger partial charge is 0.273 e. The van der Waals surface area contributed by atoms with E-state index < -0.39 is 6.10 Å². The normalized spacial score (nSPS) is 20.2. The molecule has 1 N–H and O–H groups in total. The van der Waals surface area contributed by atoms with Crippen molar-refractivity contribution in [2.24, 2.45) is 5.92 Å². The van der Waals surface area contributed by atoms with Crippen LogP contribution in [0.5, 0.6) is 0 Å². The zero-order valence-corrected chi connectivity index (χ0v) is 13.7. The van der Waals surface area contributed by atoms with Crippen molar-refractivity contribution < 1.29 is 9.90 Å². The third-order valence-electron chi connectivity index (χ3n) is 4.07. The van der Waals surface area contributed by atoms with Crippen LogP contribution in [0.4, 0.5) is 5.82 Å². The Morgan fingerprint density at radius 2 is 2.08 bits per heavy atom. The van der Waals surface area contributed by atoms with Crippen molar-refractivity contribution in [1.82, 2.24) is 24.8 Å². The molecule has 0 aromatic carbocycles. The third-order valence-corrected chi connectivity index (χ3v) is 4.07. The summed E-state index contributed by atoms with van der Waals surface area (Å²) >= 11 is 0. The maximum absolute atomic E-state index is 12.0. The highest BCUT2D eigenvalue weighted by Crippen LogP contribution is 2.24. The van der Waals surface area contributed by atoms with Crippen molar-refractivity contribution in [3.05, 3.63) is 42.4 Å². The average Bonchev–Trinajstić information content (AvgIpc) is 2.96. The van der Waals surface area contributed by atoms with Crippen LogP contribution in [0, 0.1) is 5.92 Å². The second-order valence-corrected chi connectivity index (χ2v) is 6.10. The number of β-amino-alcohol motifs (C(OH)–C–C–N with tert-alkyl or cyclic N) is 1. The van der Waals surface area contributed by atoms with Gasteiger partial charge >= 0.3 is 0 Å². The molecule has 2 aromatic heterocycles. The van der Waals surface area contributed by atoms with E-state index in [2.05, 4.69) is 19.9 Å². The maximum Gasteiger partial charge on any atom is 0.273 e. The zero-order valence-electron chi connectivity index (χ0n) is 13.7. The maximum atomic E-state index is 12.0. The van der Waals surface area contributed by atoms with E-state index in [-0.39, 0.29) is 11.8 Å². The van der Waals surface area contributed by atoms with Crippen molar-refractivity contribution in [3.8, 4) is 0 Å². The van der Waals surface area contributed by atoms with Gasteiger partial charge in [-0.05, 0) is 6.42 Å². The summed E-state index contributed by atoms with van der Waals surface area (Å²) in [6.07, 6.45) is 8.22. The van der Waals surface area contributed by atoms with Gasteiger partial charge in [0.15, 0.2) is 0 Å². The number of aliphatic hydroxyl groups excluding tert-OH is 1. The highest BCUT2D eigenvalue weighted by molar-refractivity contribution is 5.91. The van der Waals surface area contributed by atoms with Crippen molar-refractivity contribution in [3.63, 3.8) is 0 Å². The van der Waals surface area contributed by atoms with Gasteiger partial charge in [-0.1, -0.05) is 0 Å². The van der Waals surface area contributed by atoms with Gasteiger partial charge in [-0.2, -0.15) is 0 Å². The van der Waals surface area contributed by atoms with Gasteiger partial charge < -0.3 is 14.9 Å². The van der Waals surface area contributed by atoms with Crippen LogP contribution in [0.25, 0.3) is 0 Å². The first-order chi connectivity index (χ1) is 11.5. The number of nitrogens with zero attached hydrogens (tertiary/aromatic N) is 6. The SMILES string of the molecule is CN(C)C(=O)c1cncc(N2C[C@@H](Cc3cnccn3)[C@H](O)C2)n1. The van der Waals surface area contributed by atoms with Gasteiger partial charge in [0.05, 0.1) is 24.2 Å². The Hall–Kier alpha value is -2.61. The standard InChI is InChI=1S/C16H20N6O2/c1-21(2)16(24)13-7-18-8-15(20-13)22-9-11(14(23)10-22)5-12-6-17-3-4-19-12/h3-4,6-8,11,14,23H,5,9-10H2,1-2H3/t11-,14-/m1/s1. The second-order valence-electron chi connectivity index (χ2n) is 6.10. The molecule has 8 heteroatoms. The number of aliphatic hydroxyl groups is 1. The Kier molecular flexibility index (Phi) is 4.66. The highest BCUT2D eigenvalue weighted by atomic mass is 16.3. The number of hydrogen-bond donors (Lipinski definition) is 1. The largest absolute Gasteiger partial charge is 0.391 e. The minimum Gasteiger partial charge on any atom is -0.391 e. The van der Waals surface area contributed by atoms with Crippen molar-refractivity contribution in [2.75, 3.05) is 32.1 Å². The monoisotopic (exact) mass is 328 g/mol. The van der Waals surface area contributed by atoms with Crippen LogP contribution in [0.1, 0.15) is 16.2 Å². The van der Waals surface area contributed by atoms with E-state index in [0.29, 0.717) is 31.0 Å². The number of hydrogen-bond acceptors (Lipinski definition) is 7. The molecule has 2 atom stereocenters. The Labute approximate surface area is 140 Å². The Balaban J connectivity index is 1.72. The molecule has 0 spiro atoms. The third kappa shape index (κ3) is 3.48. The van der Waals surface area contributed by atoms with E-state index in [4.69, 9.17) is 0 Å². The summed E-state index contributed by atoms with van der Waals surface area (Å²) in [6, 6.07) is 0. The molecule has 1 aliphatic rings. The van der Waals surface area contributed by atoms with Crippen LogP contribution >= 0.6 is 0 Å². The predicted octanol–water partition coefficient (Wildman–Crippen LogP) is 0.00820. The van der Waals surface area contributed by atoms with E-state index >= 15 is 0 Å². The molecule has 8 nitrogen and oxygen atoms in total. The summed E-state index contributed by atoms with van der Waals surface area (Å²) in [5.41, 5.74) is 1.15. The van der Waals surface area contributed by atoms with Crippen molar-refractivity contribution in [2.45, 2.75) is 12.5 Å². The summed E-state index contributed by atoms with van der Waals surface area (Å²) in [5, 5.41) is 10.3. The quantitative estimate of drug-likeness (QED) is 0.844. The van der Waals surface area contributed by atoms with Gasteiger partial charge in [0.2, 0.25) is 0 Å². The molecule has 0 unspecified atom stereocenters. The van der Waals surface area contributed by atoms with Gasteiger partial charge in [0.25, 0.3) is 5.91 Å². The lowest BCUT2D eigenvalue weighted by molar-refractivity contribution is 0.0821. The van der Waals surface area contributed by atoms with Crippen molar-refractivity contribution >= 4 is 11.7 Å². The second kappa shape index (κ2) is 6.88. The van der Waals surface area contributed by atoms with Crippen LogP contribution < -0.4 is 4.90 Å². The lowest BCUT2D eigenvalue weighted by atomic mass is 10.0. The number of carbonyl (C=O) groups is 1. The van der Waals surface area contributed by atoms with Gasteiger partial charge in [-0.3, -0.25) is 19.7 Å². The van der Waals surface area contributed by atoms with E-state index in [1.165, 1.54) is 11.1 Å². The fraction of sp³-hybridized carbons (Fsp3) is 0.438. The summed E-state index contributed by atoms with van der Waals surface area (Å²) < 4.78 is 0. The van der Waals surface area contributed by atoms with Crippen LogP contribution in [0.15, 0.2) is 31.0 Å². The zero-order chi connectivity index (χ0) is 17.1. The van der Waals surface area contributed by atoms with E-state index in [9.17, 15) is 9.90 Å². The van der Waals surface area contributed by atoms with Crippen LogP contribution in [-0.2, 0) is 6.42 Å². The van der Waals surface area contributed by atoms with Gasteiger partial charge in [-0.25, -0.2) is 4.98 Å². The first-order valence-electron chi connectivity index (χ1n) is 7.76. The predicted molar refractivity (Wildman–Crippen MR) is 87.5 cm³/mol. The molecule has 0 bridgehead atoms. The molecule has 1 saturated heterocycles. The van der Waals surface area contributed by atoms with Gasteiger partial charge in [0, 0.05) is 51.7 Å². The molecular weight excluding hydrogens is 308 g/mol. The number of carbonyl (C=O) groups excluding carboxylic acids is 1. The fourth-order valence-corrected chi connectivity index (χ4v) is 2.79. The molecule has 2 aromatic rings. The first kappa shape index (κ1) is 16.3. The Morgan fingerprint density at radius 3 is 2.79 bits per heavy atom. The summed E-state index contributed by atoms with van der Waals surface area (Å²) in [6.45, 7) is 1.09. The molecule has 3 heterocycles.